The molecule has 0 aliphatic rings. The molecule has 1 aromatic heterocycles. The van der Waals surface area contributed by atoms with Gasteiger partial charge in [0.05, 0.1) is 5.39 Å². The standard InChI is InChI=1S/C13H14F2N2/c1-4-16-10-6-8(3)17-13-9(14)5-7(2)12(15)11(10)13/h5-6H,4H2,1-3H3,(H,16,17). The van der Waals surface area contributed by atoms with Gasteiger partial charge in [-0.05, 0) is 38.5 Å². The summed E-state index contributed by atoms with van der Waals surface area (Å²) in [6.07, 6.45) is 0. The number of fused-ring (bicyclic) bond motifs is 1. The molecule has 0 unspecified atom stereocenters. The van der Waals surface area contributed by atoms with Crippen LogP contribution in [0.25, 0.3) is 10.9 Å². The van der Waals surface area contributed by atoms with E-state index in [0.717, 1.165) is 0 Å². The Balaban J connectivity index is 2.89. The molecule has 17 heavy (non-hydrogen) atoms. The minimum absolute atomic E-state index is 0.0871. The summed E-state index contributed by atoms with van der Waals surface area (Å²) in [5, 5.41) is 3.27. The molecule has 2 nitrogen and oxygen atoms in total. The Hall–Kier alpha value is -1.71. The fourth-order valence-corrected chi connectivity index (χ4v) is 1.92. The van der Waals surface area contributed by atoms with Crippen LogP contribution in [0.4, 0.5) is 14.5 Å². The lowest BCUT2D eigenvalue weighted by molar-refractivity contribution is 0.607. The van der Waals surface area contributed by atoms with Crippen molar-refractivity contribution in [1.29, 1.82) is 0 Å². The molecule has 90 valence electrons. The van der Waals surface area contributed by atoms with Crippen LogP contribution in [0.1, 0.15) is 18.2 Å². The van der Waals surface area contributed by atoms with E-state index >= 15 is 0 Å². The normalized spacial score (nSPS) is 10.9. The fourth-order valence-electron chi connectivity index (χ4n) is 1.92. The monoisotopic (exact) mass is 236 g/mol. The molecule has 0 radical (unpaired) electrons. The maximum absolute atomic E-state index is 14.0. The topological polar surface area (TPSA) is 24.9 Å². The molecular weight excluding hydrogens is 222 g/mol. The molecule has 1 aromatic carbocycles. The Morgan fingerprint density at radius 2 is 1.94 bits per heavy atom. The molecular formula is C13H14F2N2. The van der Waals surface area contributed by atoms with Gasteiger partial charge in [0.15, 0.2) is 0 Å². The van der Waals surface area contributed by atoms with E-state index in [1.807, 2.05) is 6.92 Å². The third kappa shape index (κ3) is 1.95. The van der Waals surface area contributed by atoms with Crippen LogP contribution in [0.15, 0.2) is 12.1 Å². The lowest BCUT2D eigenvalue weighted by Crippen LogP contribution is -2.02. The third-order valence-electron chi connectivity index (χ3n) is 2.65. The van der Waals surface area contributed by atoms with Gasteiger partial charge in [-0.25, -0.2) is 13.8 Å². The molecule has 1 N–H and O–H groups in total. The van der Waals surface area contributed by atoms with E-state index in [0.29, 0.717) is 23.5 Å². The van der Waals surface area contributed by atoms with Crippen LogP contribution >= 0.6 is 0 Å². The van der Waals surface area contributed by atoms with Crippen molar-refractivity contribution in [3.05, 3.63) is 35.0 Å². The number of aryl methyl sites for hydroxylation is 2. The summed E-state index contributed by atoms with van der Waals surface area (Å²) in [4.78, 5) is 4.07. The fraction of sp³-hybridized carbons (Fsp3) is 0.308. The summed E-state index contributed by atoms with van der Waals surface area (Å²) < 4.78 is 27.8. The van der Waals surface area contributed by atoms with E-state index < -0.39 is 11.6 Å². The van der Waals surface area contributed by atoms with Gasteiger partial charge in [0.2, 0.25) is 0 Å². The van der Waals surface area contributed by atoms with Gasteiger partial charge >= 0.3 is 0 Å². The van der Waals surface area contributed by atoms with Crippen LogP contribution in [0, 0.1) is 25.5 Å². The van der Waals surface area contributed by atoms with Crippen LogP contribution < -0.4 is 5.32 Å². The first-order chi connectivity index (χ1) is 8.04. The molecule has 2 rings (SSSR count). The molecule has 0 aliphatic carbocycles. The highest BCUT2D eigenvalue weighted by Gasteiger charge is 2.15. The van der Waals surface area contributed by atoms with E-state index in [4.69, 9.17) is 0 Å². The predicted molar refractivity (Wildman–Crippen MR) is 65.3 cm³/mol. The number of hydrogen-bond donors (Lipinski definition) is 1. The first-order valence-corrected chi connectivity index (χ1v) is 5.54. The molecule has 0 atom stereocenters. The number of aromatic nitrogens is 1. The molecule has 0 aliphatic heterocycles. The van der Waals surface area contributed by atoms with E-state index in [-0.39, 0.29) is 10.9 Å². The Bertz CT molecular complexity index is 579. The van der Waals surface area contributed by atoms with Crippen molar-refractivity contribution in [3.63, 3.8) is 0 Å². The summed E-state index contributed by atoms with van der Waals surface area (Å²) >= 11 is 0. The zero-order valence-corrected chi connectivity index (χ0v) is 10.1. The second-order valence-electron chi connectivity index (χ2n) is 4.05. The van der Waals surface area contributed by atoms with Crippen molar-refractivity contribution in [2.24, 2.45) is 0 Å². The van der Waals surface area contributed by atoms with Crippen molar-refractivity contribution >= 4 is 16.6 Å². The number of anilines is 1. The third-order valence-corrected chi connectivity index (χ3v) is 2.65. The number of pyridine rings is 1. The maximum atomic E-state index is 14.0. The second-order valence-corrected chi connectivity index (χ2v) is 4.05. The van der Waals surface area contributed by atoms with Gasteiger partial charge in [-0.15, -0.1) is 0 Å². The van der Waals surface area contributed by atoms with Crippen molar-refractivity contribution in [2.45, 2.75) is 20.8 Å². The van der Waals surface area contributed by atoms with Gasteiger partial charge in [0.25, 0.3) is 0 Å². The van der Waals surface area contributed by atoms with E-state index in [1.165, 1.54) is 6.07 Å². The molecule has 0 saturated heterocycles. The van der Waals surface area contributed by atoms with E-state index in [2.05, 4.69) is 10.3 Å². The molecule has 2 aromatic rings. The van der Waals surface area contributed by atoms with Crippen LogP contribution in [-0.4, -0.2) is 11.5 Å². The largest absolute Gasteiger partial charge is 0.385 e. The van der Waals surface area contributed by atoms with Crippen LogP contribution in [-0.2, 0) is 0 Å². The number of benzene rings is 1. The smallest absolute Gasteiger partial charge is 0.149 e. The van der Waals surface area contributed by atoms with Crippen LogP contribution in [0.3, 0.4) is 0 Å². The minimum Gasteiger partial charge on any atom is -0.385 e. The molecule has 4 heteroatoms. The van der Waals surface area contributed by atoms with Crippen molar-refractivity contribution < 1.29 is 8.78 Å². The van der Waals surface area contributed by atoms with E-state index in [9.17, 15) is 8.78 Å². The van der Waals surface area contributed by atoms with Gasteiger partial charge < -0.3 is 5.32 Å². The predicted octanol–water partition coefficient (Wildman–Crippen LogP) is 3.56. The maximum Gasteiger partial charge on any atom is 0.149 e. The van der Waals surface area contributed by atoms with Gasteiger partial charge in [0.1, 0.15) is 17.2 Å². The molecule has 0 amide bonds. The Labute approximate surface area is 98.7 Å². The van der Waals surface area contributed by atoms with Gasteiger partial charge in [-0.1, -0.05) is 0 Å². The van der Waals surface area contributed by atoms with Gasteiger partial charge in [0, 0.05) is 17.9 Å². The molecule has 0 spiro atoms. The van der Waals surface area contributed by atoms with Gasteiger partial charge in [-0.3, -0.25) is 0 Å². The number of rotatable bonds is 2. The van der Waals surface area contributed by atoms with Crippen molar-refractivity contribution in [1.82, 2.24) is 4.98 Å². The van der Waals surface area contributed by atoms with Crippen molar-refractivity contribution in [2.75, 3.05) is 11.9 Å². The summed E-state index contributed by atoms with van der Waals surface area (Å²) in [6, 6.07) is 2.91. The Kier molecular flexibility index (Phi) is 2.96. The van der Waals surface area contributed by atoms with Crippen molar-refractivity contribution in [3.8, 4) is 0 Å². The summed E-state index contributed by atoms with van der Waals surface area (Å²) in [7, 11) is 0. The minimum atomic E-state index is -0.484. The number of nitrogens with zero attached hydrogens (tertiary/aromatic N) is 1. The Morgan fingerprint density at radius 1 is 1.24 bits per heavy atom. The lowest BCUT2D eigenvalue weighted by Gasteiger charge is -2.11. The average molecular weight is 236 g/mol. The highest BCUT2D eigenvalue weighted by molar-refractivity contribution is 5.93. The summed E-state index contributed by atoms with van der Waals surface area (Å²) in [5.41, 5.74) is 1.63. The highest BCUT2D eigenvalue weighted by Crippen LogP contribution is 2.29. The molecule has 1 heterocycles. The number of hydrogen-bond acceptors (Lipinski definition) is 2. The molecule has 0 saturated carbocycles. The number of nitrogens with one attached hydrogen (secondary N) is 1. The summed E-state index contributed by atoms with van der Waals surface area (Å²) in [5.74, 6) is -0.897. The first-order valence-electron chi connectivity index (χ1n) is 5.54. The average Bonchev–Trinajstić information content (AvgIpc) is 2.26. The lowest BCUT2D eigenvalue weighted by atomic mass is 10.1. The first kappa shape index (κ1) is 11.8. The van der Waals surface area contributed by atoms with Gasteiger partial charge in [-0.2, -0.15) is 0 Å². The van der Waals surface area contributed by atoms with E-state index in [1.54, 1.807) is 19.9 Å². The SMILES string of the molecule is CCNc1cc(C)nc2c(F)cc(C)c(F)c12. The summed E-state index contributed by atoms with van der Waals surface area (Å²) in [6.45, 7) is 5.87. The molecule has 0 fully saturated rings. The molecule has 0 bridgehead atoms. The zero-order valence-electron chi connectivity index (χ0n) is 10.1. The number of halogens is 2. The highest BCUT2D eigenvalue weighted by atomic mass is 19.1. The second kappa shape index (κ2) is 4.28. The Morgan fingerprint density at radius 3 is 2.59 bits per heavy atom. The quantitative estimate of drug-likeness (QED) is 0.862. The zero-order chi connectivity index (χ0) is 12.6. The van der Waals surface area contributed by atoms with Crippen LogP contribution in [0.5, 0.6) is 0 Å². The van der Waals surface area contributed by atoms with Crippen LogP contribution in [0.2, 0.25) is 0 Å².